The Bertz CT molecular complexity index is 1030. The molecule has 1 N–H and O–H groups in total. The molecule has 6 heteroatoms. The molecule has 4 nitrogen and oxygen atoms in total. The van der Waals surface area contributed by atoms with Crippen LogP contribution in [0.2, 0.25) is 5.02 Å². The Morgan fingerprint density at radius 2 is 2.09 bits per heavy atom. The van der Waals surface area contributed by atoms with Gasteiger partial charge in [-0.2, -0.15) is 5.10 Å². The standard InChI is InChI=1S/C26H33Cl2N3O/c1-26(2)18-7-6-16(22(26)14-18)15-29-25(32)23-21-13-17-12-19(28)8-9-20(17)24(21)31(30-23)11-5-3-4-10-27/h8-9,12,16,18,22H,3-7,10-11,13-15H2,1-2H3,(H,29,32). The van der Waals surface area contributed by atoms with Crippen LogP contribution in [0.25, 0.3) is 11.3 Å². The van der Waals surface area contributed by atoms with Gasteiger partial charge in [-0.1, -0.05) is 37.9 Å². The zero-order valence-corrected chi connectivity index (χ0v) is 20.6. The van der Waals surface area contributed by atoms with Crippen molar-refractivity contribution in [1.29, 1.82) is 0 Å². The van der Waals surface area contributed by atoms with Gasteiger partial charge in [-0.05, 0) is 73.0 Å². The first kappa shape index (κ1) is 22.3. The number of carbonyl (C=O) groups is 1. The molecule has 3 fully saturated rings. The van der Waals surface area contributed by atoms with E-state index in [-0.39, 0.29) is 5.91 Å². The fraction of sp³-hybridized carbons (Fsp3) is 0.615. The highest BCUT2D eigenvalue weighted by Gasteiger charge is 2.54. The predicted octanol–water partition coefficient (Wildman–Crippen LogP) is 6.32. The summed E-state index contributed by atoms with van der Waals surface area (Å²) in [6.07, 6.45) is 7.65. The first-order valence-corrected chi connectivity index (χ1v) is 13.0. The molecule has 1 aromatic heterocycles. The van der Waals surface area contributed by atoms with Crippen LogP contribution in [0, 0.1) is 23.2 Å². The number of fused-ring (bicyclic) bond motifs is 5. The molecule has 3 atom stereocenters. The van der Waals surface area contributed by atoms with E-state index in [0.717, 1.165) is 72.5 Å². The van der Waals surface area contributed by atoms with Gasteiger partial charge in [0.1, 0.15) is 0 Å². The molecule has 0 spiro atoms. The third-order valence-corrected chi connectivity index (χ3v) is 8.99. The lowest BCUT2D eigenvalue weighted by molar-refractivity contribution is -0.103. The molecular weight excluding hydrogens is 441 g/mol. The van der Waals surface area contributed by atoms with E-state index in [2.05, 4.69) is 25.2 Å². The van der Waals surface area contributed by atoms with Gasteiger partial charge in [0.2, 0.25) is 0 Å². The summed E-state index contributed by atoms with van der Waals surface area (Å²) < 4.78 is 2.04. The van der Waals surface area contributed by atoms with Gasteiger partial charge in [0.25, 0.3) is 5.91 Å². The zero-order valence-electron chi connectivity index (χ0n) is 19.1. The number of unbranched alkanes of at least 4 members (excludes halogenated alkanes) is 2. The van der Waals surface area contributed by atoms with E-state index in [9.17, 15) is 4.79 Å². The fourth-order valence-corrected chi connectivity index (χ4v) is 6.87. The molecule has 32 heavy (non-hydrogen) atoms. The SMILES string of the molecule is CC1(C)C2CCC(CNC(=O)c3nn(CCCCCCl)c4c3Cc3cc(Cl)ccc3-4)C1C2. The van der Waals surface area contributed by atoms with Gasteiger partial charge in [-0.15, -0.1) is 11.6 Å². The Balaban J connectivity index is 1.35. The predicted molar refractivity (Wildman–Crippen MR) is 130 cm³/mol. The van der Waals surface area contributed by atoms with E-state index < -0.39 is 0 Å². The van der Waals surface area contributed by atoms with Crippen molar-refractivity contribution in [3.05, 3.63) is 40.0 Å². The maximum absolute atomic E-state index is 13.3. The number of hydrogen-bond acceptors (Lipinski definition) is 2. The van der Waals surface area contributed by atoms with Gasteiger partial charge in [-0.25, -0.2) is 0 Å². The summed E-state index contributed by atoms with van der Waals surface area (Å²) in [6.45, 7) is 6.37. The molecule has 4 aliphatic carbocycles. The number of nitrogens with zero attached hydrogens (tertiary/aromatic N) is 2. The van der Waals surface area contributed by atoms with Crippen LogP contribution in [0.15, 0.2) is 18.2 Å². The number of amides is 1. The number of rotatable bonds is 8. The first-order valence-electron chi connectivity index (χ1n) is 12.1. The lowest BCUT2D eigenvalue weighted by Gasteiger charge is -2.60. The van der Waals surface area contributed by atoms with Crippen LogP contribution < -0.4 is 5.32 Å². The number of aryl methyl sites for hydroxylation is 1. The minimum absolute atomic E-state index is 0.0288. The van der Waals surface area contributed by atoms with Crippen molar-refractivity contribution in [1.82, 2.24) is 15.1 Å². The van der Waals surface area contributed by atoms with Crippen molar-refractivity contribution in [2.24, 2.45) is 23.2 Å². The van der Waals surface area contributed by atoms with Gasteiger partial charge in [-0.3, -0.25) is 9.48 Å². The second-order valence-corrected chi connectivity index (χ2v) is 11.3. The van der Waals surface area contributed by atoms with E-state index in [4.69, 9.17) is 28.3 Å². The highest BCUT2D eigenvalue weighted by Crippen LogP contribution is 2.61. The number of halogens is 2. The Kier molecular flexibility index (Phi) is 6.05. The van der Waals surface area contributed by atoms with Crippen LogP contribution in [0.3, 0.4) is 0 Å². The summed E-state index contributed by atoms with van der Waals surface area (Å²) in [6, 6.07) is 6.02. The average molecular weight is 474 g/mol. The second kappa shape index (κ2) is 8.68. The van der Waals surface area contributed by atoms with Crippen LogP contribution in [-0.4, -0.2) is 28.1 Å². The molecule has 6 rings (SSSR count). The Morgan fingerprint density at radius 1 is 1.25 bits per heavy atom. The number of alkyl halides is 1. The molecule has 172 valence electrons. The minimum atomic E-state index is -0.0288. The highest BCUT2D eigenvalue weighted by atomic mass is 35.5. The van der Waals surface area contributed by atoms with Crippen molar-refractivity contribution in [2.75, 3.05) is 12.4 Å². The lowest BCUT2D eigenvalue weighted by Crippen LogP contribution is -2.54. The molecule has 3 unspecified atom stereocenters. The lowest BCUT2D eigenvalue weighted by atomic mass is 9.45. The van der Waals surface area contributed by atoms with Crippen LogP contribution in [0.1, 0.15) is 74.0 Å². The molecule has 2 aromatic rings. The fourth-order valence-electron chi connectivity index (χ4n) is 6.49. The number of hydrogen-bond donors (Lipinski definition) is 1. The number of nitrogens with one attached hydrogen (secondary N) is 1. The van der Waals surface area contributed by atoms with Crippen LogP contribution in [0.4, 0.5) is 0 Å². The summed E-state index contributed by atoms with van der Waals surface area (Å²) in [7, 11) is 0. The Morgan fingerprint density at radius 3 is 2.84 bits per heavy atom. The maximum atomic E-state index is 13.3. The van der Waals surface area contributed by atoms with Crippen LogP contribution in [0.5, 0.6) is 0 Å². The average Bonchev–Trinajstić information content (AvgIpc) is 3.32. The Labute approximate surface area is 201 Å². The highest BCUT2D eigenvalue weighted by molar-refractivity contribution is 6.30. The normalized spacial score (nSPS) is 24.6. The van der Waals surface area contributed by atoms with Gasteiger partial charge in [0, 0.05) is 41.5 Å². The number of carbonyl (C=O) groups excluding carboxylic acids is 1. The summed E-state index contributed by atoms with van der Waals surface area (Å²) >= 11 is 12.1. The largest absolute Gasteiger partial charge is 0.350 e. The molecule has 1 aromatic carbocycles. The van der Waals surface area contributed by atoms with Crippen molar-refractivity contribution in [2.45, 2.75) is 65.3 Å². The van der Waals surface area contributed by atoms with E-state index in [1.165, 1.54) is 24.8 Å². The van der Waals surface area contributed by atoms with Crippen molar-refractivity contribution in [3.63, 3.8) is 0 Å². The van der Waals surface area contributed by atoms with Crippen LogP contribution in [-0.2, 0) is 13.0 Å². The molecule has 0 saturated heterocycles. The van der Waals surface area contributed by atoms with Crippen molar-refractivity contribution >= 4 is 29.1 Å². The number of benzene rings is 1. The summed E-state index contributed by atoms with van der Waals surface area (Å²) in [5, 5.41) is 8.81. The van der Waals surface area contributed by atoms with Gasteiger partial charge < -0.3 is 5.32 Å². The van der Waals surface area contributed by atoms with Gasteiger partial charge >= 0.3 is 0 Å². The zero-order chi connectivity index (χ0) is 22.5. The number of aromatic nitrogens is 2. The summed E-state index contributed by atoms with van der Waals surface area (Å²) in [5.74, 6) is 2.85. The molecular formula is C26H33Cl2N3O. The van der Waals surface area contributed by atoms with E-state index in [1.807, 2.05) is 16.8 Å². The van der Waals surface area contributed by atoms with Crippen LogP contribution >= 0.6 is 23.2 Å². The molecule has 0 aliphatic heterocycles. The molecule has 1 heterocycles. The summed E-state index contributed by atoms with van der Waals surface area (Å²) in [5.41, 5.74) is 5.50. The molecule has 2 bridgehead atoms. The third kappa shape index (κ3) is 3.77. The van der Waals surface area contributed by atoms with E-state index >= 15 is 0 Å². The Hall–Kier alpha value is -1.52. The minimum Gasteiger partial charge on any atom is -0.350 e. The molecule has 3 saturated carbocycles. The first-order chi connectivity index (χ1) is 15.4. The molecule has 0 radical (unpaired) electrons. The van der Waals surface area contributed by atoms with E-state index in [1.54, 1.807) is 0 Å². The van der Waals surface area contributed by atoms with Crippen molar-refractivity contribution < 1.29 is 4.79 Å². The van der Waals surface area contributed by atoms with Gasteiger partial charge in [0.15, 0.2) is 5.69 Å². The molecule has 1 amide bonds. The van der Waals surface area contributed by atoms with E-state index in [0.29, 0.717) is 22.9 Å². The maximum Gasteiger partial charge on any atom is 0.272 e. The van der Waals surface area contributed by atoms with Gasteiger partial charge in [0.05, 0.1) is 5.69 Å². The molecule has 4 aliphatic rings. The monoisotopic (exact) mass is 473 g/mol. The van der Waals surface area contributed by atoms with Crippen molar-refractivity contribution in [3.8, 4) is 11.3 Å². The third-order valence-electron chi connectivity index (χ3n) is 8.48. The second-order valence-electron chi connectivity index (χ2n) is 10.5. The quantitative estimate of drug-likeness (QED) is 0.307. The smallest absolute Gasteiger partial charge is 0.272 e. The topological polar surface area (TPSA) is 46.9 Å². The summed E-state index contributed by atoms with van der Waals surface area (Å²) in [4.78, 5) is 13.3.